The van der Waals surface area contributed by atoms with Crippen LogP contribution in [0.25, 0.3) is 0 Å². The van der Waals surface area contributed by atoms with Crippen LogP contribution in [0.1, 0.15) is 17.5 Å². The van der Waals surface area contributed by atoms with Crippen LogP contribution in [0, 0.1) is 6.92 Å². The molecule has 18 heavy (non-hydrogen) atoms. The van der Waals surface area contributed by atoms with E-state index in [1.807, 2.05) is 0 Å². The second kappa shape index (κ2) is 5.75. The third kappa shape index (κ3) is 4.65. The summed E-state index contributed by atoms with van der Waals surface area (Å²) >= 11 is 0. The van der Waals surface area contributed by atoms with Gasteiger partial charge in [-0.1, -0.05) is 12.1 Å². The van der Waals surface area contributed by atoms with E-state index in [2.05, 4.69) is 9.47 Å². The lowest BCUT2D eigenvalue weighted by atomic mass is 10.1. The van der Waals surface area contributed by atoms with E-state index in [0.717, 1.165) is 0 Å². The first-order valence-corrected chi connectivity index (χ1v) is 5.24. The maximum absolute atomic E-state index is 12.2. The van der Waals surface area contributed by atoms with Gasteiger partial charge in [0.1, 0.15) is 5.75 Å². The number of hydrogen-bond donors (Lipinski definition) is 0. The summed E-state index contributed by atoms with van der Waals surface area (Å²) in [5.74, 6) is -0.750. The second-order valence-corrected chi connectivity index (χ2v) is 3.74. The van der Waals surface area contributed by atoms with Gasteiger partial charge in [-0.05, 0) is 30.5 Å². The van der Waals surface area contributed by atoms with Gasteiger partial charge in [0.2, 0.25) is 0 Å². The molecule has 0 saturated carbocycles. The van der Waals surface area contributed by atoms with Crippen LogP contribution in [0.5, 0.6) is 5.75 Å². The zero-order chi connectivity index (χ0) is 13.8. The molecule has 0 atom stereocenters. The number of alkyl halides is 3. The minimum atomic E-state index is -4.74. The molecule has 0 N–H and O–H groups in total. The molecule has 0 bridgehead atoms. The van der Waals surface area contributed by atoms with Gasteiger partial charge in [-0.2, -0.15) is 0 Å². The Hall–Kier alpha value is -1.72. The summed E-state index contributed by atoms with van der Waals surface area (Å²) in [7, 11) is 1.23. The molecule has 0 unspecified atom stereocenters. The molecule has 0 spiro atoms. The van der Waals surface area contributed by atoms with Gasteiger partial charge >= 0.3 is 12.3 Å². The van der Waals surface area contributed by atoms with Crippen molar-refractivity contribution < 1.29 is 27.4 Å². The number of hydrogen-bond acceptors (Lipinski definition) is 3. The third-order valence-corrected chi connectivity index (χ3v) is 2.27. The number of aryl methyl sites for hydroxylation is 2. The quantitative estimate of drug-likeness (QED) is 0.782. The number of esters is 1. The van der Waals surface area contributed by atoms with Gasteiger partial charge in [0.05, 0.1) is 7.11 Å². The van der Waals surface area contributed by atoms with Gasteiger partial charge in [0.15, 0.2) is 0 Å². The molecular weight excluding hydrogens is 249 g/mol. The first kappa shape index (κ1) is 14.3. The lowest BCUT2D eigenvalue weighted by Crippen LogP contribution is -2.18. The highest BCUT2D eigenvalue weighted by molar-refractivity contribution is 5.69. The molecule has 0 aliphatic rings. The molecule has 0 fully saturated rings. The molecule has 0 aliphatic heterocycles. The molecular formula is C12H13F3O3. The molecule has 6 heteroatoms. The fourth-order valence-electron chi connectivity index (χ4n) is 1.43. The van der Waals surface area contributed by atoms with Gasteiger partial charge in [-0.25, -0.2) is 0 Å². The highest BCUT2D eigenvalue weighted by atomic mass is 19.4. The lowest BCUT2D eigenvalue weighted by Gasteiger charge is -2.13. The molecule has 0 aliphatic carbocycles. The minimum absolute atomic E-state index is 0.00772. The molecule has 0 amide bonds. The van der Waals surface area contributed by atoms with Crippen LogP contribution in [0.3, 0.4) is 0 Å². The Kier molecular flexibility index (Phi) is 4.58. The Labute approximate surface area is 103 Å². The van der Waals surface area contributed by atoms with Crippen molar-refractivity contribution in [3.8, 4) is 5.75 Å². The molecule has 1 rings (SSSR count). The van der Waals surface area contributed by atoms with Crippen molar-refractivity contribution in [3.63, 3.8) is 0 Å². The summed E-state index contributed by atoms with van der Waals surface area (Å²) in [6.45, 7) is 1.66. The average molecular weight is 262 g/mol. The maximum Gasteiger partial charge on any atom is 0.573 e. The minimum Gasteiger partial charge on any atom is -0.469 e. The van der Waals surface area contributed by atoms with E-state index in [1.165, 1.54) is 19.2 Å². The van der Waals surface area contributed by atoms with Gasteiger partial charge in [0.25, 0.3) is 0 Å². The van der Waals surface area contributed by atoms with E-state index in [1.54, 1.807) is 13.0 Å². The van der Waals surface area contributed by atoms with Crippen LogP contribution >= 0.6 is 0 Å². The standard InChI is InChI=1S/C12H13F3O3/c1-8-3-4-9(5-6-11(16)17-2)10(7-8)18-12(13,14)15/h3-4,7H,5-6H2,1-2H3. The molecule has 0 aromatic heterocycles. The van der Waals surface area contributed by atoms with Gasteiger partial charge in [-0.3, -0.25) is 4.79 Å². The molecule has 1 aromatic rings. The highest BCUT2D eigenvalue weighted by Crippen LogP contribution is 2.28. The molecule has 0 radical (unpaired) electrons. The van der Waals surface area contributed by atoms with Crippen molar-refractivity contribution in [2.75, 3.05) is 7.11 Å². The Morgan fingerprint density at radius 1 is 1.33 bits per heavy atom. The zero-order valence-electron chi connectivity index (χ0n) is 10.0. The van der Waals surface area contributed by atoms with Crippen molar-refractivity contribution in [2.24, 2.45) is 0 Å². The van der Waals surface area contributed by atoms with Gasteiger partial charge in [-0.15, -0.1) is 13.2 Å². The van der Waals surface area contributed by atoms with Crippen LogP contribution in [0.15, 0.2) is 18.2 Å². The Morgan fingerprint density at radius 3 is 2.56 bits per heavy atom. The smallest absolute Gasteiger partial charge is 0.469 e. The predicted octanol–water partition coefficient (Wildman–Crippen LogP) is 3.00. The second-order valence-electron chi connectivity index (χ2n) is 3.74. The van der Waals surface area contributed by atoms with E-state index >= 15 is 0 Å². The normalized spacial score (nSPS) is 11.2. The van der Waals surface area contributed by atoms with Gasteiger partial charge < -0.3 is 9.47 Å². The Balaban J connectivity index is 2.86. The summed E-state index contributed by atoms with van der Waals surface area (Å²) in [6, 6.07) is 4.47. The summed E-state index contributed by atoms with van der Waals surface area (Å²) in [5, 5.41) is 0. The SMILES string of the molecule is COC(=O)CCc1ccc(C)cc1OC(F)(F)F. The van der Waals surface area contributed by atoms with Crippen LogP contribution in [0.4, 0.5) is 13.2 Å². The van der Waals surface area contributed by atoms with Crippen LogP contribution in [-0.2, 0) is 16.0 Å². The van der Waals surface area contributed by atoms with Crippen molar-refractivity contribution in [3.05, 3.63) is 29.3 Å². The monoisotopic (exact) mass is 262 g/mol. The predicted molar refractivity (Wildman–Crippen MR) is 58.2 cm³/mol. The van der Waals surface area contributed by atoms with E-state index in [0.29, 0.717) is 11.1 Å². The number of methoxy groups -OCH3 is 1. The molecule has 100 valence electrons. The summed E-state index contributed by atoms with van der Waals surface area (Å²) in [6.07, 6.45) is -4.60. The average Bonchev–Trinajstić information content (AvgIpc) is 2.25. The first-order valence-electron chi connectivity index (χ1n) is 5.24. The molecule has 0 heterocycles. The zero-order valence-corrected chi connectivity index (χ0v) is 10.0. The van der Waals surface area contributed by atoms with E-state index < -0.39 is 12.3 Å². The first-order chi connectivity index (χ1) is 8.31. The van der Waals surface area contributed by atoms with Crippen LogP contribution in [0.2, 0.25) is 0 Å². The van der Waals surface area contributed by atoms with Crippen molar-refractivity contribution in [2.45, 2.75) is 26.1 Å². The van der Waals surface area contributed by atoms with E-state index in [-0.39, 0.29) is 18.6 Å². The Bertz CT molecular complexity index is 427. The number of halogens is 3. The van der Waals surface area contributed by atoms with E-state index in [9.17, 15) is 18.0 Å². The summed E-state index contributed by atoms with van der Waals surface area (Å²) in [5.41, 5.74) is 0.972. The number of carbonyl (C=O) groups excluding carboxylic acids is 1. The number of ether oxygens (including phenoxy) is 2. The largest absolute Gasteiger partial charge is 0.573 e. The third-order valence-electron chi connectivity index (χ3n) is 2.27. The Morgan fingerprint density at radius 2 is 2.00 bits per heavy atom. The van der Waals surface area contributed by atoms with Crippen molar-refractivity contribution >= 4 is 5.97 Å². The summed E-state index contributed by atoms with van der Waals surface area (Å²) in [4.78, 5) is 11.0. The van der Waals surface area contributed by atoms with Crippen LogP contribution in [-0.4, -0.2) is 19.4 Å². The van der Waals surface area contributed by atoms with Crippen LogP contribution < -0.4 is 4.74 Å². The highest BCUT2D eigenvalue weighted by Gasteiger charge is 2.32. The van der Waals surface area contributed by atoms with Gasteiger partial charge in [0, 0.05) is 6.42 Å². The van der Waals surface area contributed by atoms with Crippen molar-refractivity contribution in [1.82, 2.24) is 0 Å². The van der Waals surface area contributed by atoms with E-state index in [4.69, 9.17) is 0 Å². The molecule has 1 aromatic carbocycles. The fraction of sp³-hybridized carbons (Fsp3) is 0.417. The fourth-order valence-corrected chi connectivity index (χ4v) is 1.43. The summed E-state index contributed by atoms with van der Waals surface area (Å²) < 4.78 is 45.0. The number of benzene rings is 1. The number of rotatable bonds is 4. The topological polar surface area (TPSA) is 35.5 Å². The molecule has 0 saturated heterocycles. The van der Waals surface area contributed by atoms with Crippen molar-refractivity contribution in [1.29, 1.82) is 0 Å². The maximum atomic E-state index is 12.2. The lowest BCUT2D eigenvalue weighted by molar-refractivity contribution is -0.274. The molecule has 3 nitrogen and oxygen atoms in total. The number of carbonyl (C=O) groups is 1.